The first-order chi connectivity index (χ1) is 11.6. The predicted octanol–water partition coefficient (Wildman–Crippen LogP) is 5.15. The van der Waals surface area contributed by atoms with E-state index in [1.54, 1.807) is 0 Å². The van der Waals surface area contributed by atoms with Crippen LogP contribution in [-0.4, -0.2) is 19.0 Å². The summed E-state index contributed by atoms with van der Waals surface area (Å²) in [6, 6.07) is 15.8. The lowest BCUT2D eigenvalue weighted by Gasteiger charge is -2.21. The number of rotatable bonds is 8. The van der Waals surface area contributed by atoms with Crippen molar-refractivity contribution in [3.05, 3.63) is 59.1 Å². The van der Waals surface area contributed by atoms with Crippen molar-refractivity contribution >= 4 is 28.9 Å². The molecule has 128 valence electrons. The Morgan fingerprint density at radius 3 is 2.21 bits per heavy atom. The van der Waals surface area contributed by atoms with E-state index in [2.05, 4.69) is 36.2 Å². The number of halogens is 1. The van der Waals surface area contributed by atoms with E-state index in [0.717, 1.165) is 36.6 Å². The van der Waals surface area contributed by atoms with Crippen LogP contribution in [0, 0.1) is 0 Å². The molecule has 0 saturated heterocycles. The third-order valence-corrected chi connectivity index (χ3v) is 4.31. The van der Waals surface area contributed by atoms with Gasteiger partial charge in [-0.1, -0.05) is 23.7 Å². The van der Waals surface area contributed by atoms with Crippen molar-refractivity contribution in [1.29, 1.82) is 0 Å². The van der Waals surface area contributed by atoms with Crippen LogP contribution in [-0.2, 0) is 11.2 Å². The number of nitrogens with zero attached hydrogens (tertiary/aromatic N) is 1. The van der Waals surface area contributed by atoms with Crippen LogP contribution in [0.3, 0.4) is 0 Å². The molecule has 0 saturated carbocycles. The number of benzene rings is 2. The van der Waals surface area contributed by atoms with Crippen molar-refractivity contribution in [2.45, 2.75) is 33.1 Å². The molecule has 0 heterocycles. The van der Waals surface area contributed by atoms with Gasteiger partial charge in [0.1, 0.15) is 0 Å². The van der Waals surface area contributed by atoms with Gasteiger partial charge in [0.2, 0.25) is 5.91 Å². The molecule has 0 aromatic heterocycles. The van der Waals surface area contributed by atoms with E-state index in [4.69, 9.17) is 11.6 Å². The number of amides is 1. The summed E-state index contributed by atoms with van der Waals surface area (Å²) in [6.45, 7) is 6.24. The fraction of sp³-hybridized carbons (Fsp3) is 0.350. The summed E-state index contributed by atoms with van der Waals surface area (Å²) in [6.07, 6.45) is 2.22. The van der Waals surface area contributed by atoms with Gasteiger partial charge in [-0.3, -0.25) is 4.79 Å². The van der Waals surface area contributed by atoms with Crippen LogP contribution in [0.5, 0.6) is 0 Å². The Labute approximate surface area is 149 Å². The van der Waals surface area contributed by atoms with Crippen molar-refractivity contribution in [2.75, 3.05) is 23.3 Å². The quantitative estimate of drug-likeness (QED) is 0.718. The van der Waals surface area contributed by atoms with E-state index in [1.165, 1.54) is 11.3 Å². The van der Waals surface area contributed by atoms with Crippen molar-refractivity contribution < 1.29 is 4.79 Å². The molecule has 0 aliphatic heterocycles. The summed E-state index contributed by atoms with van der Waals surface area (Å²) in [4.78, 5) is 14.3. The smallest absolute Gasteiger partial charge is 0.224 e. The molecule has 2 aromatic carbocycles. The number of carbonyl (C=O) groups is 1. The zero-order valence-electron chi connectivity index (χ0n) is 14.4. The van der Waals surface area contributed by atoms with Gasteiger partial charge in [0.15, 0.2) is 0 Å². The van der Waals surface area contributed by atoms with Crippen LogP contribution in [0.1, 0.15) is 32.3 Å². The number of hydrogen-bond donors (Lipinski definition) is 1. The van der Waals surface area contributed by atoms with Crippen molar-refractivity contribution in [3.63, 3.8) is 0 Å². The van der Waals surface area contributed by atoms with Crippen LogP contribution in [0.2, 0.25) is 5.02 Å². The van der Waals surface area contributed by atoms with Crippen LogP contribution >= 0.6 is 11.6 Å². The zero-order chi connectivity index (χ0) is 17.4. The second-order valence-electron chi connectivity index (χ2n) is 5.75. The highest BCUT2D eigenvalue weighted by atomic mass is 35.5. The third-order valence-electron chi connectivity index (χ3n) is 4.06. The molecule has 24 heavy (non-hydrogen) atoms. The first-order valence-electron chi connectivity index (χ1n) is 8.51. The zero-order valence-corrected chi connectivity index (χ0v) is 15.1. The highest BCUT2D eigenvalue weighted by Crippen LogP contribution is 2.18. The van der Waals surface area contributed by atoms with Crippen LogP contribution < -0.4 is 10.2 Å². The largest absolute Gasteiger partial charge is 0.372 e. The summed E-state index contributed by atoms with van der Waals surface area (Å²) in [5.74, 6) is 0.0551. The number of carbonyl (C=O) groups excluding carboxylic acids is 1. The number of nitrogens with one attached hydrogen (secondary N) is 1. The van der Waals surface area contributed by atoms with Gasteiger partial charge >= 0.3 is 0 Å². The minimum absolute atomic E-state index is 0.0551. The summed E-state index contributed by atoms with van der Waals surface area (Å²) >= 11 is 5.87. The second kappa shape index (κ2) is 9.33. The normalized spacial score (nSPS) is 10.5. The minimum atomic E-state index is 0.0551. The third kappa shape index (κ3) is 5.57. The average Bonchev–Trinajstić information content (AvgIpc) is 2.59. The maximum atomic E-state index is 12.0. The summed E-state index contributed by atoms with van der Waals surface area (Å²) < 4.78 is 0. The Morgan fingerprint density at radius 2 is 1.62 bits per heavy atom. The molecule has 0 bridgehead atoms. The van der Waals surface area contributed by atoms with Crippen LogP contribution in [0.25, 0.3) is 0 Å². The van der Waals surface area contributed by atoms with Gasteiger partial charge in [-0.15, -0.1) is 0 Å². The van der Waals surface area contributed by atoms with Crippen molar-refractivity contribution in [3.8, 4) is 0 Å². The average molecular weight is 345 g/mol. The molecular formula is C20H25ClN2O. The monoisotopic (exact) mass is 344 g/mol. The Kier molecular flexibility index (Phi) is 7.13. The number of hydrogen-bond acceptors (Lipinski definition) is 2. The van der Waals surface area contributed by atoms with E-state index >= 15 is 0 Å². The van der Waals surface area contributed by atoms with E-state index in [1.807, 2.05) is 36.4 Å². The topological polar surface area (TPSA) is 32.3 Å². The molecule has 4 heteroatoms. The first kappa shape index (κ1) is 18.3. The highest BCUT2D eigenvalue weighted by molar-refractivity contribution is 6.30. The van der Waals surface area contributed by atoms with Gasteiger partial charge in [0.25, 0.3) is 0 Å². The molecule has 1 amide bonds. The first-order valence-corrected chi connectivity index (χ1v) is 8.89. The summed E-state index contributed by atoms with van der Waals surface area (Å²) in [5, 5.41) is 3.70. The molecule has 2 rings (SSSR count). The molecule has 3 nitrogen and oxygen atoms in total. The fourth-order valence-electron chi connectivity index (χ4n) is 2.67. The molecule has 2 aromatic rings. The van der Waals surface area contributed by atoms with E-state index in [9.17, 15) is 4.79 Å². The lowest BCUT2D eigenvalue weighted by atomic mass is 10.1. The molecule has 0 aliphatic rings. The van der Waals surface area contributed by atoms with Crippen molar-refractivity contribution in [2.24, 2.45) is 0 Å². The van der Waals surface area contributed by atoms with E-state index in [0.29, 0.717) is 6.42 Å². The maximum absolute atomic E-state index is 12.0. The lowest BCUT2D eigenvalue weighted by Crippen LogP contribution is -2.21. The summed E-state index contributed by atoms with van der Waals surface area (Å²) in [5.41, 5.74) is 3.24. The minimum Gasteiger partial charge on any atom is -0.372 e. The van der Waals surface area contributed by atoms with Gasteiger partial charge in [-0.2, -0.15) is 0 Å². The summed E-state index contributed by atoms with van der Waals surface area (Å²) in [7, 11) is 0. The van der Waals surface area contributed by atoms with Gasteiger partial charge in [-0.05, 0) is 68.7 Å². The molecule has 0 spiro atoms. The van der Waals surface area contributed by atoms with E-state index < -0.39 is 0 Å². The van der Waals surface area contributed by atoms with Gasteiger partial charge in [0, 0.05) is 35.9 Å². The van der Waals surface area contributed by atoms with Gasteiger partial charge in [-0.25, -0.2) is 0 Å². The Balaban J connectivity index is 1.78. The molecular weight excluding hydrogens is 320 g/mol. The molecule has 0 unspecified atom stereocenters. The molecule has 0 aliphatic carbocycles. The fourth-order valence-corrected chi connectivity index (χ4v) is 2.80. The Bertz CT molecular complexity index is 634. The second-order valence-corrected chi connectivity index (χ2v) is 6.18. The van der Waals surface area contributed by atoms with Gasteiger partial charge in [0.05, 0.1) is 0 Å². The van der Waals surface area contributed by atoms with E-state index in [-0.39, 0.29) is 5.91 Å². The van der Waals surface area contributed by atoms with Crippen molar-refractivity contribution in [1.82, 2.24) is 0 Å². The standard InChI is InChI=1S/C20H25ClN2O/c1-3-23(4-2)19-14-12-18(13-15-19)22-20(24)7-5-6-16-8-10-17(21)11-9-16/h8-15H,3-7H2,1-2H3,(H,22,24). The number of aryl methyl sites for hydroxylation is 1. The molecule has 0 atom stereocenters. The lowest BCUT2D eigenvalue weighted by molar-refractivity contribution is -0.116. The van der Waals surface area contributed by atoms with Crippen LogP contribution in [0.4, 0.5) is 11.4 Å². The highest BCUT2D eigenvalue weighted by Gasteiger charge is 2.05. The molecule has 0 radical (unpaired) electrons. The molecule has 0 fully saturated rings. The number of anilines is 2. The SMILES string of the molecule is CCN(CC)c1ccc(NC(=O)CCCc2ccc(Cl)cc2)cc1. The molecule has 1 N–H and O–H groups in total. The Morgan fingerprint density at radius 1 is 1.00 bits per heavy atom. The van der Waals surface area contributed by atoms with Crippen LogP contribution in [0.15, 0.2) is 48.5 Å². The Hall–Kier alpha value is -2.00. The predicted molar refractivity (Wildman–Crippen MR) is 103 cm³/mol. The maximum Gasteiger partial charge on any atom is 0.224 e. The van der Waals surface area contributed by atoms with Gasteiger partial charge < -0.3 is 10.2 Å².